The summed E-state index contributed by atoms with van der Waals surface area (Å²) in [4.78, 5) is 29.7. The number of benzene rings is 1. The van der Waals surface area contributed by atoms with Gasteiger partial charge in [-0.15, -0.1) is 0 Å². The number of aryl methyl sites for hydroxylation is 1. The molecule has 4 fully saturated rings. The molecule has 1 amide bonds. The molecule has 29 heavy (non-hydrogen) atoms. The van der Waals surface area contributed by atoms with Gasteiger partial charge in [0.2, 0.25) is 0 Å². The summed E-state index contributed by atoms with van der Waals surface area (Å²) in [6.07, 6.45) is 2.28. The minimum Gasteiger partial charge on any atom is -0.497 e. The molecule has 2 aromatic rings. The number of hydrogen-bond donors (Lipinski definition) is 0. The summed E-state index contributed by atoms with van der Waals surface area (Å²) >= 11 is 0. The minimum absolute atomic E-state index is 0.0691. The van der Waals surface area contributed by atoms with Crippen LogP contribution in [0.4, 0.5) is 0 Å². The smallest absolute Gasteiger partial charge is 0.274 e. The van der Waals surface area contributed by atoms with Crippen LogP contribution in [-0.4, -0.2) is 64.3 Å². The zero-order valence-corrected chi connectivity index (χ0v) is 16.8. The van der Waals surface area contributed by atoms with Crippen LogP contribution in [0, 0.1) is 5.92 Å². The van der Waals surface area contributed by atoms with Crippen LogP contribution >= 0.6 is 0 Å². The van der Waals surface area contributed by atoms with E-state index in [9.17, 15) is 9.59 Å². The van der Waals surface area contributed by atoms with Gasteiger partial charge in [0.1, 0.15) is 11.4 Å². The van der Waals surface area contributed by atoms with Gasteiger partial charge >= 0.3 is 0 Å². The SMILES string of the molecule is COc1ccc([C@@H]2CN(C(=O)c3ccc(=O)n(C)n3)[C@@H]3C4CCN(CC4)[C@@H]32)cc1. The zero-order chi connectivity index (χ0) is 20.1. The van der Waals surface area contributed by atoms with Gasteiger partial charge in [-0.05, 0) is 55.6 Å². The third-order valence-electron chi connectivity index (χ3n) is 6.98. The Morgan fingerprint density at radius 2 is 1.79 bits per heavy atom. The number of piperidine rings is 3. The molecule has 4 aliphatic rings. The second-order valence-corrected chi connectivity index (χ2v) is 8.37. The first-order valence-electron chi connectivity index (χ1n) is 10.3. The maximum atomic E-state index is 13.4. The number of ether oxygens (including phenoxy) is 1. The number of likely N-dealkylation sites (tertiary alicyclic amines) is 1. The molecule has 7 nitrogen and oxygen atoms in total. The van der Waals surface area contributed by atoms with E-state index in [1.807, 2.05) is 17.0 Å². The highest BCUT2D eigenvalue weighted by Gasteiger charge is 2.54. The van der Waals surface area contributed by atoms with Gasteiger partial charge in [-0.25, -0.2) is 4.68 Å². The molecule has 1 aromatic heterocycles. The summed E-state index contributed by atoms with van der Waals surface area (Å²) < 4.78 is 6.55. The molecule has 0 N–H and O–H groups in total. The van der Waals surface area contributed by atoms with E-state index in [0.717, 1.165) is 31.7 Å². The molecule has 2 bridgehead atoms. The molecule has 6 rings (SSSR count). The second-order valence-electron chi connectivity index (χ2n) is 8.37. The van der Waals surface area contributed by atoms with Gasteiger partial charge in [-0.3, -0.25) is 14.5 Å². The van der Waals surface area contributed by atoms with Crippen molar-refractivity contribution in [2.75, 3.05) is 26.7 Å². The predicted octanol–water partition coefficient (Wildman–Crippen LogP) is 1.49. The van der Waals surface area contributed by atoms with Crippen molar-refractivity contribution in [3.8, 4) is 5.75 Å². The van der Waals surface area contributed by atoms with Crippen LogP contribution in [0.5, 0.6) is 5.75 Å². The highest BCUT2D eigenvalue weighted by molar-refractivity contribution is 5.92. The van der Waals surface area contributed by atoms with Crippen molar-refractivity contribution in [3.63, 3.8) is 0 Å². The van der Waals surface area contributed by atoms with Crippen LogP contribution < -0.4 is 10.3 Å². The molecule has 0 spiro atoms. The lowest BCUT2D eigenvalue weighted by Gasteiger charge is -2.51. The maximum Gasteiger partial charge on any atom is 0.274 e. The van der Waals surface area contributed by atoms with Crippen molar-refractivity contribution in [2.45, 2.75) is 30.8 Å². The summed E-state index contributed by atoms with van der Waals surface area (Å²) in [5.74, 6) is 1.58. The van der Waals surface area contributed by atoms with E-state index in [0.29, 0.717) is 24.2 Å². The predicted molar refractivity (Wildman–Crippen MR) is 108 cm³/mol. The Kier molecular flexibility index (Phi) is 4.42. The molecular formula is C22H26N4O3. The zero-order valence-electron chi connectivity index (χ0n) is 16.8. The van der Waals surface area contributed by atoms with Crippen molar-refractivity contribution in [1.82, 2.24) is 19.6 Å². The van der Waals surface area contributed by atoms with E-state index in [4.69, 9.17) is 4.74 Å². The third kappa shape index (κ3) is 2.95. The van der Waals surface area contributed by atoms with E-state index in [2.05, 4.69) is 22.1 Å². The van der Waals surface area contributed by atoms with Gasteiger partial charge in [-0.2, -0.15) is 5.10 Å². The Balaban J connectivity index is 1.51. The van der Waals surface area contributed by atoms with E-state index in [-0.39, 0.29) is 23.4 Å². The molecule has 0 saturated carbocycles. The molecule has 3 atom stereocenters. The average Bonchev–Trinajstić information content (AvgIpc) is 3.19. The lowest BCUT2D eigenvalue weighted by Crippen LogP contribution is -2.60. The molecule has 7 heteroatoms. The molecule has 0 unspecified atom stereocenters. The summed E-state index contributed by atoms with van der Waals surface area (Å²) in [5.41, 5.74) is 1.38. The number of aromatic nitrogens is 2. The first kappa shape index (κ1) is 18.4. The second kappa shape index (κ2) is 6.99. The number of carbonyl (C=O) groups excluding carboxylic acids is 1. The van der Waals surface area contributed by atoms with E-state index < -0.39 is 0 Å². The Morgan fingerprint density at radius 3 is 2.45 bits per heavy atom. The van der Waals surface area contributed by atoms with Gasteiger partial charge in [0.05, 0.1) is 13.2 Å². The normalized spacial score (nSPS) is 30.3. The standard InChI is InChI=1S/C22H26N4O3/c1-24-19(27)8-7-18(23-24)22(28)26-13-17(14-3-5-16(29-2)6-4-14)21-20(26)15-9-11-25(21)12-10-15/h3-8,15,17,20-21H,9-13H2,1-2H3/t17-,20+,21+/m0/s1. The first-order valence-corrected chi connectivity index (χ1v) is 10.3. The molecular weight excluding hydrogens is 368 g/mol. The van der Waals surface area contributed by atoms with Gasteiger partial charge in [-0.1, -0.05) is 12.1 Å². The van der Waals surface area contributed by atoms with E-state index in [1.54, 1.807) is 20.2 Å². The fourth-order valence-corrected chi connectivity index (χ4v) is 5.56. The fourth-order valence-electron chi connectivity index (χ4n) is 5.56. The number of amides is 1. The minimum atomic E-state index is -0.209. The lowest BCUT2D eigenvalue weighted by molar-refractivity contribution is -0.00365. The van der Waals surface area contributed by atoms with Crippen molar-refractivity contribution >= 4 is 5.91 Å². The molecule has 1 aromatic carbocycles. The number of nitrogens with zero attached hydrogens (tertiary/aromatic N) is 4. The number of fused-ring (bicyclic) bond motifs is 2. The highest BCUT2D eigenvalue weighted by atomic mass is 16.5. The molecule has 4 saturated heterocycles. The Hall–Kier alpha value is -2.67. The molecule has 0 radical (unpaired) electrons. The molecule has 5 heterocycles. The van der Waals surface area contributed by atoms with Gasteiger partial charge < -0.3 is 9.64 Å². The van der Waals surface area contributed by atoms with Gasteiger partial charge in [0.25, 0.3) is 11.5 Å². The number of methoxy groups -OCH3 is 1. The van der Waals surface area contributed by atoms with Crippen LogP contribution in [0.2, 0.25) is 0 Å². The molecule has 152 valence electrons. The Morgan fingerprint density at radius 1 is 1.07 bits per heavy atom. The Labute approximate surface area is 169 Å². The maximum absolute atomic E-state index is 13.4. The molecule has 0 aliphatic carbocycles. The number of rotatable bonds is 3. The lowest BCUT2D eigenvalue weighted by atomic mass is 9.75. The summed E-state index contributed by atoms with van der Waals surface area (Å²) in [5, 5.41) is 4.22. The van der Waals surface area contributed by atoms with Crippen LogP contribution in [-0.2, 0) is 7.05 Å². The van der Waals surface area contributed by atoms with Crippen LogP contribution in [0.15, 0.2) is 41.2 Å². The Bertz CT molecular complexity index is 978. The van der Waals surface area contributed by atoms with Gasteiger partial charge in [0.15, 0.2) is 0 Å². The molecule has 4 aliphatic heterocycles. The van der Waals surface area contributed by atoms with E-state index >= 15 is 0 Å². The van der Waals surface area contributed by atoms with Crippen molar-refractivity contribution in [3.05, 3.63) is 58.0 Å². The van der Waals surface area contributed by atoms with Crippen LogP contribution in [0.3, 0.4) is 0 Å². The topological polar surface area (TPSA) is 67.7 Å². The summed E-state index contributed by atoms with van der Waals surface area (Å²) in [6.45, 7) is 2.90. The van der Waals surface area contributed by atoms with Gasteiger partial charge in [0, 0.05) is 31.6 Å². The van der Waals surface area contributed by atoms with Crippen LogP contribution in [0.1, 0.15) is 34.8 Å². The van der Waals surface area contributed by atoms with Crippen molar-refractivity contribution < 1.29 is 9.53 Å². The fraction of sp³-hybridized carbons (Fsp3) is 0.500. The van der Waals surface area contributed by atoms with Crippen LogP contribution in [0.25, 0.3) is 0 Å². The largest absolute Gasteiger partial charge is 0.497 e. The first-order chi connectivity index (χ1) is 14.1. The monoisotopic (exact) mass is 394 g/mol. The van der Waals surface area contributed by atoms with E-state index in [1.165, 1.54) is 16.3 Å². The highest BCUT2D eigenvalue weighted by Crippen LogP contribution is 2.47. The summed E-state index contributed by atoms with van der Waals surface area (Å²) in [7, 11) is 3.26. The number of hydrogen-bond acceptors (Lipinski definition) is 5. The summed E-state index contributed by atoms with van der Waals surface area (Å²) in [6, 6.07) is 11.8. The third-order valence-corrected chi connectivity index (χ3v) is 6.98. The van der Waals surface area contributed by atoms with Crippen molar-refractivity contribution in [2.24, 2.45) is 13.0 Å². The van der Waals surface area contributed by atoms with Crippen molar-refractivity contribution in [1.29, 1.82) is 0 Å². The quantitative estimate of drug-likeness (QED) is 0.789. The number of carbonyl (C=O) groups is 1. The average molecular weight is 394 g/mol.